The lowest BCUT2D eigenvalue weighted by Crippen LogP contribution is -2.35. The molecule has 0 saturated heterocycles. The molecule has 2 atom stereocenters. The SMILES string of the molecule is CCC(C)N(C)CCNC(C)c1ccc(O)cc1. The summed E-state index contributed by atoms with van der Waals surface area (Å²) in [5.41, 5.74) is 1.21. The van der Waals surface area contributed by atoms with E-state index in [4.69, 9.17) is 0 Å². The fraction of sp³-hybridized carbons (Fsp3) is 0.600. The first-order valence-corrected chi connectivity index (χ1v) is 6.77. The number of phenols is 1. The molecule has 0 aliphatic carbocycles. The molecule has 0 bridgehead atoms. The zero-order valence-corrected chi connectivity index (χ0v) is 12.0. The Bertz CT molecular complexity index is 337. The number of phenolic OH excluding ortho intramolecular Hbond substituents is 1. The summed E-state index contributed by atoms with van der Waals surface area (Å²) in [4.78, 5) is 2.37. The minimum Gasteiger partial charge on any atom is -0.508 e. The van der Waals surface area contributed by atoms with Crippen molar-refractivity contribution >= 4 is 0 Å². The van der Waals surface area contributed by atoms with Crippen molar-refractivity contribution in [3.63, 3.8) is 0 Å². The predicted molar refractivity (Wildman–Crippen MR) is 76.9 cm³/mol. The number of hydrogen-bond acceptors (Lipinski definition) is 3. The van der Waals surface area contributed by atoms with Gasteiger partial charge in [-0.25, -0.2) is 0 Å². The van der Waals surface area contributed by atoms with Crippen LogP contribution in [0.5, 0.6) is 5.75 Å². The Kier molecular flexibility index (Phi) is 6.16. The normalized spacial score (nSPS) is 14.7. The molecule has 102 valence electrons. The maximum atomic E-state index is 9.25. The Balaban J connectivity index is 2.33. The van der Waals surface area contributed by atoms with Gasteiger partial charge in [0.2, 0.25) is 0 Å². The maximum Gasteiger partial charge on any atom is 0.115 e. The molecule has 0 saturated carbocycles. The first-order valence-electron chi connectivity index (χ1n) is 6.77. The van der Waals surface area contributed by atoms with Crippen LogP contribution in [0.15, 0.2) is 24.3 Å². The molecule has 1 rings (SSSR count). The third-order valence-corrected chi connectivity index (χ3v) is 3.65. The van der Waals surface area contributed by atoms with E-state index >= 15 is 0 Å². The number of rotatable bonds is 7. The van der Waals surface area contributed by atoms with Crippen LogP contribution >= 0.6 is 0 Å². The first kappa shape index (κ1) is 15.0. The summed E-state index contributed by atoms with van der Waals surface area (Å²) in [7, 11) is 2.17. The van der Waals surface area contributed by atoms with Gasteiger partial charge in [-0.15, -0.1) is 0 Å². The van der Waals surface area contributed by atoms with E-state index < -0.39 is 0 Å². The molecule has 0 radical (unpaired) electrons. The molecule has 0 aliphatic rings. The topological polar surface area (TPSA) is 35.5 Å². The molecule has 2 N–H and O–H groups in total. The van der Waals surface area contributed by atoms with E-state index in [1.54, 1.807) is 12.1 Å². The van der Waals surface area contributed by atoms with Crippen molar-refractivity contribution in [2.24, 2.45) is 0 Å². The average Bonchev–Trinajstić information content (AvgIpc) is 2.38. The number of aromatic hydroxyl groups is 1. The van der Waals surface area contributed by atoms with E-state index in [0.29, 0.717) is 17.8 Å². The number of nitrogens with zero attached hydrogens (tertiary/aromatic N) is 1. The van der Waals surface area contributed by atoms with E-state index in [1.807, 2.05) is 12.1 Å². The molecule has 2 unspecified atom stereocenters. The van der Waals surface area contributed by atoms with Crippen LogP contribution in [0.1, 0.15) is 38.8 Å². The van der Waals surface area contributed by atoms with Crippen LogP contribution < -0.4 is 5.32 Å². The minimum atomic E-state index is 0.316. The highest BCUT2D eigenvalue weighted by atomic mass is 16.3. The Morgan fingerprint density at radius 1 is 1.22 bits per heavy atom. The molecule has 3 nitrogen and oxygen atoms in total. The van der Waals surface area contributed by atoms with Crippen molar-refractivity contribution in [1.29, 1.82) is 0 Å². The van der Waals surface area contributed by atoms with Crippen LogP contribution in [0, 0.1) is 0 Å². The summed E-state index contributed by atoms with van der Waals surface area (Å²) in [6, 6.07) is 8.35. The van der Waals surface area contributed by atoms with E-state index in [2.05, 4.69) is 38.0 Å². The summed E-state index contributed by atoms with van der Waals surface area (Å²) >= 11 is 0. The number of nitrogens with one attached hydrogen (secondary N) is 1. The van der Waals surface area contributed by atoms with E-state index in [1.165, 1.54) is 12.0 Å². The van der Waals surface area contributed by atoms with Crippen LogP contribution in [0.4, 0.5) is 0 Å². The molecule has 0 aliphatic heterocycles. The fourth-order valence-corrected chi connectivity index (χ4v) is 1.87. The summed E-state index contributed by atoms with van der Waals surface area (Å²) in [6.45, 7) is 8.65. The zero-order valence-electron chi connectivity index (χ0n) is 12.0. The van der Waals surface area contributed by atoms with Gasteiger partial charge in [-0.05, 0) is 45.0 Å². The molecule has 3 heteroatoms. The van der Waals surface area contributed by atoms with Gasteiger partial charge >= 0.3 is 0 Å². The van der Waals surface area contributed by atoms with Crippen molar-refractivity contribution in [3.05, 3.63) is 29.8 Å². The monoisotopic (exact) mass is 250 g/mol. The highest BCUT2D eigenvalue weighted by Crippen LogP contribution is 2.16. The second-order valence-electron chi connectivity index (χ2n) is 5.01. The Morgan fingerprint density at radius 3 is 2.39 bits per heavy atom. The molecule has 1 aromatic rings. The molecular formula is C15H26N2O. The highest BCUT2D eigenvalue weighted by Gasteiger charge is 2.08. The van der Waals surface area contributed by atoms with Gasteiger partial charge in [-0.2, -0.15) is 0 Å². The molecule has 18 heavy (non-hydrogen) atoms. The fourth-order valence-electron chi connectivity index (χ4n) is 1.87. The van der Waals surface area contributed by atoms with Crippen LogP contribution in [0.25, 0.3) is 0 Å². The van der Waals surface area contributed by atoms with Gasteiger partial charge in [0, 0.05) is 25.2 Å². The lowest BCUT2D eigenvalue weighted by Gasteiger charge is -2.24. The summed E-state index contributed by atoms with van der Waals surface area (Å²) in [6.07, 6.45) is 1.18. The maximum absolute atomic E-state index is 9.25. The van der Waals surface area contributed by atoms with Crippen molar-refractivity contribution in [2.75, 3.05) is 20.1 Å². The van der Waals surface area contributed by atoms with Crippen LogP contribution in [-0.2, 0) is 0 Å². The second-order valence-corrected chi connectivity index (χ2v) is 5.01. The number of likely N-dealkylation sites (N-methyl/N-ethyl adjacent to an activating group) is 1. The lowest BCUT2D eigenvalue weighted by atomic mass is 10.1. The Morgan fingerprint density at radius 2 is 1.83 bits per heavy atom. The second kappa shape index (κ2) is 7.39. The van der Waals surface area contributed by atoms with Crippen LogP contribution in [0.3, 0.4) is 0 Å². The van der Waals surface area contributed by atoms with Crippen LogP contribution in [0.2, 0.25) is 0 Å². The molecule has 0 aromatic heterocycles. The molecular weight excluding hydrogens is 224 g/mol. The van der Waals surface area contributed by atoms with E-state index in [0.717, 1.165) is 13.1 Å². The third-order valence-electron chi connectivity index (χ3n) is 3.65. The molecule has 0 amide bonds. The molecule has 0 fully saturated rings. The van der Waals surface area contributed by atoms with Crippen LogP contribution in [-0.4, -0.2) is 36.2 Å². The highest BCUT2D eigenvalue weighted by molar-refractivity contribution is 5.27. The molecule has 1 aromatic carbocycles. The standard InChI is InChI=1S/C15H26N2O/c1-5-12(2)17(4)11-10-16-13(3)14-6-8-15(18)9-7-14/h6-9,12-13,16,18H,5,10-11H2,1-4H3. The van der Waals surface area contributed by atoms with E-state index in [9.17, 15) is 5.11 Å². The van der Waals surface area contributed by atoms with Gasteiger partial charge in [-0.1, -0.05) is 19.1 Å². The number of benzene rings is 1. The molecule has 0 spiro atoms. The van der Waals surface area contributed by atoms with Gasteiger partial charge < -0.3 is 15.3 Å². The van der Waals surface area contributed by atoms with Gasteiger partial charge in [0.1, 0.15) is 5.75 Å². The van der Waals surface area contributed by atoms with Crippen molar-refractivity contribution in [1.82, 2.24) is 10.2 Å². The van der Waals surface area contributed by atoms with Gasteiger partial charge in [-0.3, -0.25) is 0 Å². The van der Waals surface area contributed by atoms with Crippen molar-refractivity contribution < 1.29 is 5.11 Å². The van der Waals surface area contributed by atoms with Crippen molar-refractivity contribution in [3.8, 4) is 5.75 Å². The smallest absolute Gasteiger partial charge is 0.115 e. The summed E-state index contributed by atoms with van der Waals surface area (Å²) in [5, 5.41) is 12.8. The third kappa shape index (κ3) is 4.67. The lowest BCUT2D eigenvalue weighted by molar-refractivity contribution is 0.249. The largest absolute Gasteiger partial charge is 0.508 e. The van der Waals surface area contributed by atoms with Gasteiger partial charge in [0.25, 0.3) is 0 Å². The summed E-state index contributed by atoms with van der Waals surface area (Å²) in [5.74, 6) is 0.322. The summed E-state index contributed by atoms with van der Waals surface area (Å²) < 4.78 is 0. The van der Waals surface area contributed by atoms with Gasteiger partial charge in [0.15, 0.2) is 0 Å². The van der Waals surface area contributed by atoms with E-state index in [-0.39, 0.29) is 0 Å². The van der Waals surface area contributed by atoms with Crippen molar-refractivity contribution in [2.45, 2.75) is 39.3 Å². The zero-order chi connectivity index (χ0) is 13.5. The van der Waals surface area contributed by atoms with Gasteiger partial charge in [0.05, 0.1) is 0 Å². The quantitative estimate of drug-likeness (QED) is 0.781. The molecule has 0 heterocycles. The average molecular weight is 250 g/mol. The first-order chi connectivity index (χ1) is 8.54. The Hall–Kier alpha value is -1.06. The Labute approximate surface area is 111 Å². The number of hydrogen-bond donors (Lipinski definition) is 2. The minimum absolute atomic E-state index is 0.316. The predicted octanol–water partition coefficient (Wildman–Crippen LogP) is 2.77.